The van der Waals surface area contributed by atoms with Crippen molar-refractivity contribution in [2.45, 2.75) is 26.3 Å². The Morgan fingerprint density at radius 2 is 1.97 bits per heavy atom. The molecule has 8 nitrogen and oxygen atoms in total. The maximum atomic E-state index is 12.9. The first-order chi connectivity index (χ1) is 16.5. The number of aliphatic hydroxyl groups excluding tert-OH is 1. The Bertz CT molecular complexity index is 1480. The summed E-state index contributed by atoms with van der Waals surface area (Å²) in [6.45, 7) is 3.96. The quantitative estimate of drug-likeness (QED) is 0.299. The summed E-state index contributed by atoms with van der Waals surface area (Å²) in [6, 6.07) is 13.8. The van der Waals surface area contributed by atoms with Crippen LogP contribution >= 0.6 is 0 Å². The van der Waals surface area contributed by atoms with Crippen LogP contribution in [0, 0.1) is 13.8 Å². The average molecular weight is 455 g/mol. The van der Waals surface area contributed by atoms with E-state index in [0.717, 1.165) is 27.8 Å². The maximum absolute atomic E-state index is 12.9. The fourth-order valence-corrected chi connectivity index (χ4v) is 4.17. The molecule has 0 bridgehead atoms. The highest BCUT2D eigenvalue weighted by Gasteiger charge is 2.18. The lowest BCUT2D eigenvalue weighted by atomic mass is 10.0. The number of nitrogens with zero attached hydrogens (tertiary/aromatic N) is 3. The number of imidazole rings is 2. The van der Waals surface area contributed by atoms with Gasteiger partial charge in [0.2, 0.25) is 0 Å². The molecule has 5 aromatic rings. The van der Waals surface area contributed by atoms with Crippen LogP contribution in [0.2, 0.25) is 0 Å². The van der Waals surface area contributed by atoms with Gasteiger partial charge in [-0.05, 0) is 49.6 Å². The van der Waals surface area contributed by atoms with Gasteiger partial charge in [-0.1, -0.05) is 29.8 Å². The van der Waals surface area contributed by atoms with E-state index >= 15 is 0 Å². The third kappa shape index (κ3) is 4.23. The van der Waals surface area contributed by atoms with Crippen LogP contribution in [0.4, 0.5) is 5.69 Å². The predicted molar refractivity (Wildman–Crippen MR) is 133 cm³/mol. The fourth-order valence-electron chi connectivity index (χ4n) is 4.17. The van der Waals surface area contributed by atoms with Crippen LogP contribution in [0.15, 0.2) is 72.2 Å². The summed E-state index contributed by atoms with van der Waals surface area (Å²) in [5, 5.41) is 13.4. The number of hydrogen-bond acceptors (Lipinski definition) is 5. The number of pyridine rings is 1. The van der Waals surface area contributed by atoms with Gasteiger partial charge in [-0.2, -0.15) is 0 Å². The van der Waals surface area contributed by atoms with Gasteiger partial charge in [0.15, 0.2) is 0 Å². The largest absolute Gasteiger partial charge is 0.394 e. The molecule has 0 saturated heterocycles. The zero-order valence-electron chi connectivity index (χ0n) is 19.0. The molecule has 34 heavy (non-hydrogen) atoms. The van der Waals surface area contributed by atoms with Gasteiger partial charge in [0.1, 0.15) is 11.4 Å². The summed E-state index contributed by atoms with van der Waals surface area (Å²) in [5.74, 6) is 0.470. The SMILES string of the molecule is Cc1ccc(CC(CO)Nc2cc[nH]c(=O)c2-c2nc3c(C)cc(-n4ccnc4)cc3[nH]2)cc1. The Hall–Kier alpha value is -4.17. The van der Waals surface area contributed by atoms with Gasteiger partial charge in [-0.3, -0.25) is 4.79 Å². The molecule has 0 radical (unpaired) electrons. The van der Waals surface area contributed by atoms with Crippen LogP contribution < -0.4 is 10.9 Å². The molecule has 172 valence electrons. The fraction of sp³-hybridized carbons (Fsp3) is 0.192. The molecule has 0 fully saturated rings. The summed E-state index contributed by atoms with van der Waals surface area (Å²) >= 11 is 0. The van der Waals surface area contributed by atoms with Crippen molar-refractivity contribution in [2.24, 2.45) is 0 Å². The molecule has 3 aromatic heterocycles. The molecule has 2 aromatic carbocycles. The number of aryl methyl sites for hydroxylation is 2. The molecule has 0 amide bonds. The van der Waals surface area contributed by atoms with Crippen LogP contribution in [0.3, 0.4) is 0 Å². The number of benzene rings is 2. The van der Waals surface area contributed by atoms with Crippen molar-refractivity contribution in [3.8, 4) is 17.1 Å². The zero-order valence-corrected chi connectivity index (χ0v) is 19.0. The van der Waals surface area contributed by atoms with Crippen molar-refractivity contribution in [2.75, 3.05) is 11.9 Å². The van der Waals surface area contributed by atoms with Crippen molar-refractivity contribution in [3.63, 3.8) is 0 Å². The summed E-state index contributed by atoms with van der Waals surface area (Å²) in [5.41, 5.74) is 6.61. The smallest absolute Gasteiger partial charge is 0.261 e. The summed E-state index contributed by atoms with van der Waals surface area (Å²) in [6.07, 6.45) is 7.57. The summed E-state index contributed by atoms with van der Waals surface area (Å²) in [4.78, 5) is 27.8. The van der Waals surface area contributed by atoms with Crippen LogP contribution in [-0.4, -0.2) is 42.3 Å². The first-order valence-corrected chi connectivity index (χ1v) is 11.2. The van der Waals surface area contributed by atoms with Crippen LogP contribution in [0.1, 0.15) is 16.7 Å². The van der Waals surface area contributed by atoms with E-state index in [1.54, 1.807) is 24.8 Å². The number of rotatable bonds is 7. The topological polar surface area (TPSA) is 112 Å². The molecule has 8 heteroatoms. The molecule has 1 unspecified atom stereocenters. The highest BCUT2D eigenvalue weighted by atomic mass is 16.3. The monoisotopic (exact) mass is 454 g/mol. The number of nitrogens with one attached hydrogen (secondary N) is 3. The highest BCUT2D eigenvalue weighted by molar-refractivity contribution is 5.86. The Balaban J connectivity index is 1.51. The normalized spacial score (nSPS) is 12.2. The second-order valence-electron chi connectivity index (χ2n) is 8.52. The number of aromatic nitrogens is 5. The Kier molecular flexibility index (Phi) is 5.73. The van der Waals surface area contributed by atoms with E-state index < -0.39 is 0 Å². The summed E-state index contributed by atoms with van der Waals surface area (Å²) in [7, 11) is 0. The van der Waals surface area contributed by atoms with Gasteiger partial charge in [0, 0.05) is 24.3 Å². The van der Waals surface area contributed by atoms with E-state index in [1.807, 2.05) is 36.7 Å². The highest BCUT2D eigenvalue weighted by Crippen LogP contribution is 2.28. The standard InChI is InChI=1S/C26H26N6O2/c1-16-3-5-18(6-4-16)12-19(14-33)29-21-7-8-28-26(34)23(21)25-30-22-13-20(32-10-9-27-15-32)11-17(2)24(22)31-25/h3-11,13,15,19,33H,12,14H2,1-2H3,(H,30,31)(H2,28,29,34). The van der Waals surface area contributed by atoms with Crippen molar-refractivity contribution in [1.29, 1.82) is 0 Å². The average Bonchev–Trinajstić information content (AvgIpc) is 3.50. The van der Waals surface area contributed by atoms with E-state index in [0.29, 0.717) is 23.5 Å². The maximum Gasteiger partial charge on any atom is 0.261 e. The van der Waals surface area contributed by atoms with Gasteiger partial charge in [0.25, 0.3) is 5.56 Å². The van der Waals surface area contributed by atoms with E-state index in [-0.39, 0.29) is 18.2 Å². The molecule has 0 aliphatic heterocycles. The zero-order chi connectivity index (χ0) is 23.7. The minimum absolute atomic E-state index is 0.0758. The van der Waals surface area contributed by atoms with Gasteiger partial charge >= 0.3 is 0 Å². The number of fused-ring (bicyclic) bond motifs is 1. The second kappa shape index (κ2) is 8.99. The van der Waals surface area contributed by atoms with Gasteiger partial charge < -0.3 is 25.0 Å². The molecular weight excluding hydrogens is 428 g/mol. The van der Waals surface area contributed by atoms with Crippen LogP contribution in [0.25, 0.3) is 28.1 Å². The van der Waals surface area contributed by atoms with E-state index in [4.69, 9.17) is 4.98 Å². The first-order valence-electron chi connectivity index (χ1n) is 11.2. The van der Waals surface area contributed by atoms with E-state index in [1.165, 1.54) is 5.56 Å². The minimum atomic E-state index is -0.262. The first kappa shape index (κ1) is 21.7. The molecular formula is C26H26N6O2. The lowest BCUT2D eigenvalue weighted by Gasteiger charge is -2.19. The minimum Gasteiger partial charge on any atom is -0.394 e. The van der Waals surface area contributed by atoms with E-state index in [2.05, 4.69) is 44.5 Å². The van der Waals surface area contributed by atoms with Crippen molar-refractivity contribution in [3.05, 3.63) is 94.4 Å². The van der Waals surface area contributed by atoms with Crippen molar-refractivity contribution in [1.82, 2.24) is 24.5 Å². The molecule has 5 rings (SSSR count). The van der Waals surface area contributed by atoms with Crippen LogP contribution in [0.5, 0.6) is 0 Å². The Morgan fingerprint density at radius 3 is 2.71 bits per heavy atom. The number of aromatic amines is 2. The number of aliphatic hydroxyl groups is 1. The van der Waals surface area contributed by atoms with E-state index in [9.17, 15) is 9.90 Å². The Labute approximate surface area is 196 Å². The lowest BCUT2D eigenvalue weighted by molar-refractivity contribution is 0.274. The molecule has 4 N–H and O–H groups in total. The van der Waals surface area contributed by atoms with Gasteiger partial charge in [-0.15, -0.1) is 0 Å². The van der Waals surface area contributed by atoms with Crippen molar-refractivity contribution < 1.29 is 5.11 Å². The molecule has 0 saturated carbocycles. The molecule has 0 spiro atoms. The number of H-pyrrole nitrogens is 2. The predicted octanol–water partition coefficient (Wildman–Crippen LogP) is 3.74. The third-order valence-electron chi connectivity index (χ3n) is 5.94. The van der Waals surface area contributed by atoms with Gasteiger partial charge in [-0.25, -0.2) is 9.97 Å². The second-order valence-corrected chi connectivity index (χ2v) is 8.52. The third-order valence-corrected chi connectivity index (χ3v) is 5.94. The van der Waals surface area contributed by atoms with Crippen molar-refractivity contribution >= 4 is 16.7 Å². The number of anilines is 1. The Morgan fingerprint density at radius 1 is 1.15 bits per heavy atom. The van der Waals surface area contributed by atoms with Crippen LogP contribution in [-0.2, 0) is 6.42 Å². The molecule has 3 heterocycles. The summed E-state index contributed by atoms with van der Waals surface area (Å²) < 4.78 is 1.92. The van der Waals surface area contributed by atoms with Gasteiger partial charge in [0.05, 0.1) is 35.7 Å². The lowest BCUT2D eigenvalue weighted by Crippen LogP contribution is -2.28. The number of hydrogen-bond donors (Lipinski definition) is 4. The molecule has 1 atom stereocenters. The molecule has 0 aliphatic carbocycles. The molecule has 0 aliphatic rings.